The molecule has 3 aromatic rings. The van der Waals surface area contributed by atoms with Crippen LogP contribution in [-0.2, 0) is 11.2 Å². The number of nitrogens with zero attached hydrogens (tertiary/aromatic N) is 2. The lowest BCUT2D eigenvalue weighted by molar-refractivity contribution is -0.121. The van der Waals surface area contributed by atoms with Gasteiger partial charge in [-0.2, -0.15) is 0 Å². The highest BCUT2D eigenvalue weighted by Crippen LogP contribution is 2.36. The van der Waals surface area contributed by atoms with Crippen LogP contribution < -0.4 is 5.32 Å². The molecule has 1 aromatic heterocycles. The number of benzene rings is 2. The zero-order chi connectivity index (χ0) is 18.6. The molecule has 7 heteroatoms. The van der Waals surface area contributed by atoms with E-state index in [2.05, 4.69) is 15.5 Å². The quantitative estimate of drug-likeness (QED) is 0.716. The molecule has 1 unspecified atom stereocenters. The van der Waals surface area contributed by atoms with Crippen molar-refractivity contribution in [1.82, 2.24) is 15.5 Å². The van der Waals surface area contributed by atoms with Gasteiger partial charge in [0, 0.05) is 29.1 Å². The second-order valence-electron chi connectivity index (χ2n) is 6.31. The monoisotopic (exact) mass is 383 g/mol. The third kappa shape index (κ3) is 4.19. The summed E-state index contributed by atoms with van der Waals surface area (Å²) in [6.45, 7) is 0. The van der Waals surface area contributed by atoms with Gasteiger partial charge in [-0.25, -0.2) is 4.39 Å². The summed E-state index contributed by atoms with van der Waals surface area (Å²) in [4.78, 5) is 13.4. The fourth-order valence-corrected chi connectivity index (χ4v) is 4.16. The smallest absolute Gasteiger partial charge is 0.247 e. The summed E-state index contributed by atoms with van der Waals surface area (Å²) in [5, 5.41) is 11.0. The van der Waals surface area contributed by atoms with E-state index in [1.54, 1.807) is 17.8 Å². The van der Waals surface area contributed by atoms with E-state index in [0.29, 0.717) is 18.2 Å². The van der Waals surface area contributed by atoms with Crippen molar-refractivity contribution in [3.63, 3.8) is 0 Å². The largest absolute Gasteiger partial charge is 0.421 e. The Kier molecular flexibility index (Phi) is 5.20. The van der Waals surface area contributed by atoms with Crippen LogP contribution >= 0.6 is 11.8 Å². The molecule has 0 fully saturated rings. The zero-order valence-corrected chi connectivity index (χ0v) is 15.3. The number of aryl methyl sites for hydroxylation is 1. The molecule has 1 N–H and O–H groups in total. The Hall–Kier alpha value is -2.67. The highest BCUT2D eigenvalue weighted by atomic mass is 32.2. The van der Waals surface area contributed by atoms with Gasteiger partial charge in [0.15, 0.2) is 0 Å². The number of carbonyl (C=O) groups excluding carboxylic acids is 1. The van der Waals surface area contributed by atoms with Gasteiger partial charge in [-0.05, 0) is 42.3 Å². The lowest BCUT2D eigenvalue weighted by Gasteiger charge is -2.26. The van der Waals surface area contributed by atoms with Crippen LogP contribution in [0.2, 0.25) is 0 Å². The summed E-state index contributed by atoms with van der Waals surface area (Å²) in [6.07, 6.45) is 1.39. The minimum Gasteiger partial charge on any atom is -0.421 e. The number of amides is 1. The summed E-state index contributed by atoms with van der Waals surface area (Å²) in [5.41, 5.74) is 1.70. The van der Waals surface area contributed by atoms with Crippen molar-refractivity contribution in [3.8, 4) is 11.5 Å². The predicted octanol–water partition coefficient (Wildman–Crippen LogP) is 4.16. The normalized spacial score (nSPS) is 16.0. The molecule has 5 nitrogen and oxygen atoms in total. The molecule has 1 aliphatic rings. The third-order valence-electron chi connectivity index (χ3n) is 4.40. The first-order valence-electron chi connectivity index (χ1n) is 8.78. The second-order valence-corrected chi connectivity index (χ2v) is 7.44. The Morgan fingerprint density at radius 2 is 2.07 bits per heavy atom. The average Bonchev–Trinajstić information content (AvgIpc) is 3.17. The van der Waals surface area contributed by atoms with Crippen LogP contribution in [0, 0.1) is 5.82 Å². The topological polar surface area (TPSA) is 68.0 Å². The first-order valence-corrected chi connectivity index (χ1v) is 9.77. The number of thioether (sulfide) groups is 1. The number of fused-ring (bicyclic) bond motifs is 1. The van der Waals surface area contributed by atoms with Gasteiger partial charge in [-0.15, -0.1) is 22.0 Å². The minimum atomic E-state index is -0.283. The van der Waals surface area contributed by atoms with E-state index in [9.17, 15) is 9.18 Å². The van der Waals surface area contributed by atoms with Gasteiger partial charge in [-0.3, -0.25) is 4.79 Å². The van der Waals surface area contributed by atoms with Crippen LogP contribution in [0.3, 0.4) is 0 Å². The highest BCUT2D eigenvalue weighted by Gasteiger charge is 2.23. The van der Waals surface area contributed by atoms with E-state index in [4.69, 9.17) is 4.42 Å². The van der Waals surface area contributed by atoms with Gasteiger partial charge in [0.05, 0.1) is 6.04 Å². The Morgan fingerprint density at radius 1 is 1.22 bits per heavy atom. The van der Waals surface area contributed by atoms with Crippen LogP contribution in [0.25, 0.3) is 11.5 Å². The SMILES string of the molecule is O=C(CCc1nnc(-c2ccccc2)o1)NC1CCSc2ccc(F)cc21. The van der Waals surface area contributed by atoms with Crippen LogP contribution in [0.4, 0.5) is 4.39 Å². The van der Waals surface area contributed by atoms with Crippen LogP contribution in [0.5, 0.6) is 0 Å². The molecule has 1 amide bonds. The molecule has 138 valence electrons. The van der Waals surface area contributed by atoms with E-state index in [1.807, 2.05) is 30.3 Å². The maximum Gasteiger partial charge on any atom is 0.247 e. The van der Waals surface area contributed by atoms with E-state index < -0.39 is 0 Å². The lowest BCUT2D eigenvalue weighted by Crippen LogP contribution is -2.30. The van der Waals surface area contributed by atoms with Crippen molar-refractivity contribution >= 4 is 17.7 Å². The average molecular weight is 383 g/mol. The van der Waals surface area contributed by atoms with E-state index >= 15 is 0 Å². The Balaban J connectivity index is 1.36. The Labute approximate surface area is 160 Å². The number of carbonyl (C=O) groups is 1. The molecule has 4 rings (SSSR count). The number of hydrogen-bond acceptors (Lipinski definition) is 5. The van der Waals surface area contributed by atoms with E-state index in [1.165, 1.54) is 12.1 Å². The summed E-state index contributed by atoms with van der Waals surface area (Å²) >= 11 is 1.69. The molecule has 2 aromatic carbocycles. The standard InChI is InChI=1S/C20H18FN3O2S/c21-14-6-7-17-15(12-14)16(10-11-27-17)22-18(25)8-9-19-23-24-20(26-19)13-4-2-1-3-5-13/h1-7,12,16H,8-11H2,(H,22,25). The fourth-order valence-electron chi connectivity index (χ4n) is 3.05. The predicted molar refractivity (Wildman–Crippen MR) is 101 cm³/mol. The van der Waals surface area contributed by atoms with Crippen LogP contribution in [0.1, 0.15) is 30.3 Å². The van der Waals surface area contributed by atoms with Gasteiger partial charge in [-0.1, -0.05) is 18.2 Å². The minimum absolute atomic E-state index is 0.110. The molecule has 0 bridgehead atoms. The van der Waals surface area contributed by atoms with Crippen LogP contribution in [0.15, 0.2) is 57.8 Å². The molecule has 1 aliphatic heterocycles. The van der Waals surface area contributed by atoms with Gasteiger partial charge in [0.1, 0.15) is 5.82 Å². The molecule has 0 saturated carbocycles. The van der Waals surface area contributed by atoms with Gasteiger partial charge >= 0.3 is 0 Å². The molecule has 0 radical (unpaired) electrons. The number of nitrogens with one attached hydrogen (secondary N) is 1. The molecule has 1 atom stereocenters. The first kappa shape index (κ1) is 17.7. The van der Waals surface area contributed by atoms with E-state index in [-0.39, 0.29) is 24.2 Å². The molecule has 27 heavy (non-hydrogen) atoms. The Morgan fingerprint density at radius 3 is 2.93 bits per heavy atom. The molecule has 0 saturated heterocycles. The fraction of sp³-hybridized carbons (Fsp3) is 0.250. The van der Waals surface area contributed by atoms with Gasteiger partial charge in [0.25, 0.3) is 0 Å². The Bertz CT molecular complexity index is 945. The molecule has 0 spiro atoms. The third-order valence-corrected chi connectivity index (χ3v) is 5.52. The summed E-state index contributed by atoms with van der Waals surface area (Å²) < 4.78 is 19.2. The number of halogens is 1. The molecule has 2 heterocycles. The van der Waals surface area contributed by atoms with Crippen molar-refractivity contribution < 1.29 is 13.6 Å². The van der Waals surface area contributed by atoms with Crippen molar-refractivity contribution in [3.05, 3.63) is 65.8 Å². The molecular weight excluding hydrogens is 365 g/mol. The van der Waals surface area contributed by atoms with Crippen molar-refractivity contribution in [1.29, 1.82) is 0 Å². The maximum absolute atomic E-state index is 13.6. The maximum atomic E-state index is 13.6. The van der Waals surface area contributed by atoms with Gasteiger partial charge < -0.3 is 9.73 Å². The van der Waals surface area contributed by atoms with E-state index in [0.717, 1.165) is 28.2 Å². The van der Waals surface area contributed by atoms with Gasteiger partial charge in [0.2, 0.25) is 17.7 Å². The van der Waals surface area contributed by atoms with Crippen LogP contribution in [-0.4, -0.2) is 21.9 Å². The second kappa shape index (κ2) is 7.92. The lowest BCUT2D eigenvalue weighted by atomic mass is 10.0. The number of rotatable bonds is 5. The van der Waals surface area contributed by atoms with Crippen molar-refractivity contribution in [2.45, 2.75) is 30.2 Å². The van der Waals surface area contributed by atoms with Crippen molar-refractivity contribution in [2.24, 2.45) is 0 Å². The summed E-state index contributed by atoms with van der Waals surface area (Å²) in [6, 6.07) is 14.1. The zero-order valence-electron chi connectivity index (χ0n) is 14.5. The number of hydrogen-bond donors (Lipinski definition) is 1. The summed E-state index contributed by atoms with van der Waals surface area (Å²) in [5.74, 6) is 1.37. The molecule has 0 aliphatic carbocycles. The highest BCUT2D eigenvalue weighted by molar-refractivity contribution is 7.99. The first-order chi connectivity index (χ1) is 13.2. The van der Waals surface area contributed by atoms with Crippen molar-refractivity contribution in [2.75, 3.05) is 5.75 Å². The summed E-state index contributed by atoms with van der Waals surface area (Å²) in [7, 11) is 0. The number of aromatic nitrogens is 2. The molecular formula is C20H18FN3O2S.